The summed E-state index contributed by atoms with van der Waals surface area (Å²) in [7, 11) is 0. The van der Waals surface area contributed by atoms with Gasteiger partial charge >= 0.3 is 0 Å². The number of piperazine rings is 1. The zero-order valence-corrected chi connectivity index (χ0v) is 10.5. The van der Waals surface area contributed by atoms with E-state index < -0.39 is 5.60 Å². The van der Waals surface area contributed by atoms with Crippen molar-refractivity contribution in [3.05, 3.63) is 0 Å². The quantitative estimate of drug-likeness (QED) is 0.612. The van der Waals surface area contributed by atoms with Crippen molar-refractivity contribution in [2.45, 2.75) is 37.8 Å². The number of rotatable bonds is 3. The molecule has 2 fully saturated rings. The van der Waals surface area contributed by atoms with Gasteiger partial charge in [0.1, 0.15) is 0 Å². The number of carbonyl (C=O) groups excluding carboxylic acids is 1. The van der Waals surface area contributed by atoms with Crippen molar-refractivity contribution >= 4 is 5.91 Å². The fourth-order valence-corrected chi connectivity index (χ4v) is 2.82. The van der Waals surface area contributed by atoms with Crippen molar-refractivity contribution in [1.82, 2.24) is 15.5 Å². The topological polar surface area (TPSA) is 64.6 Å². The van der Waals surface area contributed by atoms with E-state index in [2.05, 4.69) is 15.5 Å². The second kappa shape index (κ2) is 5.33. The smallest absolute Gasteiger partial charge is 0.237 e. The molecule has 1 atom stereocenters. The van der Waals surface area contributed by atoms with Gasteiger partial charge in [-0.1, -0.05) is 6.92 Å². The summed E-state index contributed by atoms with van der Waals surface area (Å²) in [6.45, 7) is 5.93. The Hall–Kier alpha value is -0.650. The van der Waals surface area contributed by atoms with E-state index in [1.54, 1.807) is 0 Å². The highest BCUT2D eigenvalue weighted by Gasteiger charge is 2.36. The van der Waals surface area contributed by atoms with E-state index in [-0.39, 0.29) is 11.9 Å². The van der Waals surface area contributed by atoms with Gasteiger partial charge in [0.2, 0.25) is 5.91 Å². The number of β-amino-alcohol motifs (C(OH)–C–C–N with tert-alkyl or cyclic N) is 1. The predicted molar refractivity (Wildman–Crippen MR) is 65.7 cm³/mol. The molecule has 2 heterocycles. The van der Waals surface area contributed by atoms with Gasteiger partial charge in [0.25, 0.3) is 0 Å². The maximum absolute atomic E-state index is 11.7. The molecule has 5 heteroatoms. The first kappa shape index (κ1) is 12.8. The number of carbonyl (C=O) groups is 1. The Morgan fingerprint density at radius 3 is 2.76 bits per heavy atom. The first-order valence-electron chi connectivity index (χ1n) is 6.59. The van der Waals surface area contributed by atoms with Gasteiger partial charge in [-0.05, 0) is 32.4 Å². The van der Waals surface area contributed by atoms with Crippen LogP contribution >= 0.6 is 0 Å². The Bertz CT molecular complexity index is 277. The van der Waals surface area contributed by atoms with Gasteiger partial charge < -0.3 is 15.7 Å². The number of amides is 1. The van der Waals surface area contributed by atoms with Crippen LogP contribution in [0.4, 0.5) is 0 Å². The van der Waals surface area contributed by atoms with Crippen LogP contribution in [0.5, 0.6) is 0 Å². The maximum atomic E-state index is 11.7. The van der Waals surface area contributed by atoms with Crippen LogP contribution in [-0.4, -0.2) is 60.3 Å². The zero-order chi connectivity index (χ0) is 12.3. The molecule has 0 saturated carbocycles. The van der Waals surface area contributed by atoms with Gasteiger partial charge in [0.15, 0.2) is 0 Å². The van der Waals surface area contributed by atoms with Crippen LogP contribution in [0.15, 0.2) is 0 Å². The fourth-order valence-electron chi connectivity index (χ4n) is 2.82. The average molecular weight is 241 g/mol. The van der Waals surface area contributed by atoms with E-state index >= 15 is 0 Å². The molecule has 0 bridgehead atoms. The van der Waals surface area contributed by atoms with E-state index in [4.69, 9.17) is 0 Å². The molecule has 1 amide bonds. The van der Waals surface area contributed by atoms with Gasteiger partial charge in [0, 0.05) is 19.6 Å². The summed E-state index contributed by atoms with van der Waals surface area (Å²) in [4.78, 5) is 13.9. The molecule has 0 radical (unpaired) electrons. The number of aliphatic hydroxyl groups is 1. The number of hydrogen-bond donors (Lipinski definition) is 3. The van der Waals surface area contributed by atoms with Crippen LogP contribution < -0.4 is 10.6 Å². The molecule has 1 unspecified atom stereocenters. The minimum Gasteiger partial charge on any atom is -0.388 e. The molecule has 3 N–H and O–H groups in total. The summed E-state index contributed by atoms with van der Waals surface area (Å²) in [5.74, 6) is 0.108. The Kier molecular flexibility index (Phi) is 4.01. The molecule has 0 aromatic heterocycles. The van der Waals surface area contributed by atoms with Gasteiger partial charge in [0.05, 0.1) is 11.6 Å². The van der Waals surface area contributed by atoms with Crippen LogP contribution in [0, 0.1) is 0 Å². The Labute approximate surface area is 103 Å². The normalized spacial score (nSPS) is 30.0. The monoisotopic (exact) mass is 241 g/mol. The van der Waals surface area contributed by atoms with Gasteiger partial charge in [-0.3, -0.25) is 9.69 Å². The minimum absolute atomic E-state index is 0.0670. The molecule has 0 aromatic rings. The number of nitrogens with one attached hydrogen (secondary N) is 2. The van der Waals surface area contributed by atoms with E-state index in [1.807, 2.05) is 6.92 Å². The predicted octanol–water partition coefficient (Wildman–Crippen LogP) is -0.689. The fraction of sp³-hybridized carbons (Fsp3) is 0.917. The van der Waals surface area contributed by atoms with Crippen molar-refractivity contribution in [2.24, 2.45) is 0 Å². The van der Waals surface area contributed by atoms with Crippen LogP contribution in [0.2, 0.25) is 0 Å². The zero-order valence-electron chi connectivity index (χ0n) is 10.5. The third kappa shape index (κ3) is 2.97. The summed E-state index contributed by atoms with van der Waals surface area (Å²) >= 11 is 0. The largest absolute Gasteiger partial charge is 0.388 e. The van der Waals surface area contributed by atoms with Crippen molar-refractivity contribution in [3.63, 3.8) is 0 Å². The standard InChI is InChI=1S/C12H23N3O2/c1-2-10-11(16)14-7-8-15(10)9-12(17)3-5-13-6-4-12/h10,13,17H,2-9H2,1H3,(H,14,16). The molecule has 17 heavy (non-hydrogen) atoms. The molecular formula is C12H23N3O2. The molecule has 0 spiro atoms. The molecule has 2 rings (SSSR count). The minimum atomic E-state index is -0.615. The second-order valence-electron chi connectivity index (χ2n) is 5.16. The third-order valence-corrected chi connectivity index (χ3v) is 3.86. The highest BCUT2D eigenvalue weighted by Crippen LogP contribution is 2.22. The summed E-state index contributed by atoms with van der Waals surface area (Å²) in [5.41, 5.74) is -0.615. The van der Waals surface area contributed by atoms with Crippen molar-refractivity contribution in [1.29, 1.82) is 0 Å². The molecular weight excluding hydrogens is 218 g/mol. The van der Waals surface area contributed by atoms with Crippen molar-refractivity contribution < 1.29 is 9.90 Å². The number of hydrogen-bond acceptors (Lipinski definition) is 4. The van der Waals surface area contributed by atoms with Crippen LogP contribution in [0.25, 0.3) is 0 Å². The molecule has 0 aliphatic carbocycles. The molecule has 2 saturated heterocycles. The lowest BCUT2D eigenvalue weighted by Gasteiger charge is -2.41. The highest BCUT2D eigenvalue weighted by molar-refractivity contribution is 5.82. The maximum Gasteiger partial charge on any atom is 0.237 e. The number of piperidine rings is 1. The molecule has 0 aromatic carbocycles. The molecule has 2 aliphatic heterocycles. The van der Waals surface area contributed by atoms with E-state index in [9.17, 15) is 9.90 Å². The average Bonchev–Trinajstić information content (AvgIpc) is 2.30. The Morgan fingerprint density at radius 2 is 2.12 bits per heavy atom. The van der Waals surface area contributed by atoms with E-state index in [0.29, 0.717) is 13.1 Å². The summed E-state index contributed by atoms with van der Waals surface area (Å²) in [5, 5.41) is 16.7. The number of nitrogens with zero attached hydrogens (tertiary/aromatic N) is 1. The Morgan fingerprint density at radius 1 is 1.41 bits per heavy atom. The molecule has 98 valence electrons. The summed E-state index contributed by atoms with van der Waals surface area (Å²) in [6.07, 6.45) is 2.36. The molecule has 2 aliphatic rings. The SMILES string of the molecule is CCC1C(=O)NCCN1CC1(O)CCNCC1. The van der Waals surface area contributed by atoms with Crippen molar-refractivity contribution in [2.75, 3.05) is 32.7 Å². The Balaban J connectivity index is 1.98. The lowest BCUT2D eigenvalue weighted by atomic mass is 9.91. The van der Waals surface area contributed by atoms with E-state index in [0.717, 1.165) is 38.9 Å². The first-order chi connectivity index (χ1) is 8.14. The third-order valence-electron chi connectivity index (χ3n) is 3.86. The summed E-state index contributed by atoms with van der Waals surface area (Å²) < 4.78 is 0. The highest BCUT2D eigenvalue weighted by atomic mass is 16.3. The lowest BCUT2D eigenvalue weighted by molar-refractivity contribution is -0.131. The van der Waals surface area contributed by atoms with Crippen LogP contribution in [-0.2, 0) is 4.79 Å². The van der Waals surface area contributed by atoms with Crippen LogP contribution in [0.1, 0.15) is 26.2 Å². The second-order valence-corrected chi connectivity index (χ2v) is 5.16. The van der Waals surface area contributed by atoms with Gasteiger partial charge in [-0.15, -0.1) is 0 Å². The first-order valence-corrected chi connectivity index (χ1v) is 6.59. The summed E-state index contributed by atoms with van der Waals surface area (Å²) in [6, 6.07) is -0.0670. The lowest BCUT2D eigenvalue weighted by Crippen LogP contribution is -2.60. The van der Waals surface area contributed by atoms with Gasteiger partial charge in [-0.2, -0.15) is 0 Å². The van der Waals surface area contributed by atoms with Crippen LogP contribution in [0.3, 0.4) is 0 Å². The van der Waals surface area contributed by atoms with Gasteiger partial charge in [-0.25, -0.2) is 0 Å². The van der Waals surface area contributed by atoms with E-state index in [1.165, 1.54) is 0 Å². The van der Waals surface area contributed by atoms with Crippen molar-refractivity contribution in [3.8, 4) is 0 Å². The molecule has 5 nitrogen and oxygen atoms in total.